The van der Waals surface area contributed by atoms with Crippen LogP contribution < -0.4 is 19.8 Å². The largest absolute Gasteiger partial charge is 0.493 e. The van der Waals surface area contributed by atoms with Gasteiger partial charge in [-0.15, -0.1) is 0 Å². The van der Waals surface area contributed by atoms with Crippen molar-refractivity contribution in [1.29, 1.82) is 0 Å². The highest BCUT2D eigenvalue weighted by Gasteiger charge is 2.29. The Morgan fingerprint density at radius 1 is 0.702 bits per heavy atom. The average Bonchev–Trinajstić information content (AvgIpc) is 3.58. The van der Waals surface area contributed by atoms with Gasteiger partial charge in [0.25, 0.3) is 0 Å². The van der Waals surface area contributed by atoms with E-state index in [1.165, 1.54) is 21.9 Å². The molecule has 0 amide bonds. The highest BCUT2D eigenvalue weighted by atomic mass is 16.5. The van der Waals surface area contributed by atoms with Gasteiger partial charge in [0.1, 0.15) is 5.58 Å². The van der Waals surface area contributed by atoms with Crippen LogP contribution in [0.2, 0.25) is 0 Å². The third-order valence-corrected chi connectivity index (χ3v) is 9.28. The second-order valence-electron chi connectivity index (χ2n) is 12.4. The van der Waals surface area contributed by atoms with Crippen molar-refractivity contribution in [3.8, 4) is 28.4 Å². The van der Waals surface area contributed by atoms with E-state index in [0.29, 0.717) is 34.0 Å². The van der Waals surface area contributed by atoms with Crippen molar-refractivity contribution >= 4 is 32.8 Å². The monoisotopic (exact) mass is 626 g/mol. The number of fused-ring (bicyclic) bond motifs is 3. The van der Waals surface area contributed by atoms with Crippen LogP contribution in [0.5, 0.6) is 17.2 Å². The van der Waals surface area contributed by atoms with Crippen LogP contribution in [-0.4, -0.2) is 31.3 Å². The molecular weight excluding hydrogens is 588 g/mol. The van der Waals surface area contributed by atoms with Gasteiger partial charge in [0, 0.05) is 44.5 Å². The highest BCUT2D eigenvalue weighted by Crippen LogP contribution is 2.45. The van der Waals surface area contributed by atoms with Crippen LogP contribution in [-0.2, 0) is 0 Å². The van der Waals surface area contributed by atoms with Gasteiger partial charge in [-0.05, 0) is 84.0 Å². The Morgan fingerprint density at radius 2 is 1.26 bits per heavy atom. The predicted octanol–water partition coefficient (Wildman–Crippen LogP) is 9.37. The normalized spacial score (nSPS) is 11.8. The molecule has 0 atom stereocenters. The average molecular weight is 627 g/mol. The van der Waals surface area contributed by atoms with Gasteiger partial charge in [0.05, 0.1) is 26.9 Å². The van der Waals surface area contributed by atoms with E-state index in [1.54, 1.807) is 33.5 Å². The Kier molecular flexibility index (Phi) is 7.55. The van der Waals surface area contributed by atoms with Crippen LogP contribution >= 0.6 is 0 Å². The predicted molar refractivity (Wildman–Crippen MR) is 189 cm³/mol. The van der Waals surface area contributed by atoms with Gasteiger partial charge in [-0.2, -0.15) is 0 Å². The first-order chi connectivity index (χ1) is 22.7. The molecule has 7 heteroatoms. The Labute approximate surface area is 273 Å². The molecule has 0 saturated carbocycles. The lowest BCUT2D eigenvalue weighted by Crippen LogP contribution is -2.09. The van der Waals surface area contributed by atoms with Gasteiger partial charge >= 0.3 is 5.63 Å². The number of ether oxygens (including phenoxy) is 3. The number of rotatable bonds is 8. The van der Waals surface area contributed by atoms with Gasteiger partial charge in [-0.1, -0.05) is 56.3 Å². The fraction of sp³-hybridized carbons (Fsp3) is 0.225. The fourth-order valence-electron chi connectivity index (χ4n) is 7.14. The summed E-state index contributed by atoms with van der Waals surface area (Å²) in [4.78, 5) is 20.9. The summed E-state index contributed by atoms with van der Waals surface area (Å²) in [6.45, 7) is 8.57. The molecule has 0 saturated heterocycles. The van der Waals surface area contributed by atoms with Crippen molar-refractivity contribution in [3.63, 3.8) is 0 Å². The standard InChI is InChI=1S/C40H38N2O5/c1-21(2)29-17-25(16-26-18-30(40(43)47-38(26)29)24-19-33(44-5)39(46-7)34(20-24)45-6)37(35-22(3)41-31-14-10-8-12-27(31)35)36-23(4)42-32-15-11-9-13-28(32)36/h8-21,37,41-42H,1-7H3. The minimum Gasteiger partial charge on any atom is -0.493 e. The van der Waals surface area contributed by atoms with Crippen molar-refractivity contribution in [2.75, 3.05) is 21.3 Å². The fourth-order valence-corrected chi connectivity index (χ4v) is 7.14. The topological polar surface area (TPSA) is 89.5 Å². The SMILES string of the molecule is COc1cc(-c2cc3cc(C(c4c(C)[nH]c5ccccc45)c4c(C)[nH]c5ccccc45)cc(C(C)C)c3oc2=O)cc(OC)c1OC. The second kappa shape index (κ2) is 11.7. The maximum absolute atomic E-state index is 13.6. The molecule has 0 aliphatic heterocycles. The summed E-state index contributed by atoms with van der Waals surface area (Å²) in [6, 6.07) is 26.8. The zero-order valence-electron chi connectivity index (χ0n) is 27.7. The van der Waals surface area contributed by atoms with E-state index in [-0.39, 0.29) is 11.8 Å². The third kappa shape index (κ3) is 4.94. The lowest BCUT2D eigenvalue weighted by molar-refractivity contribution is 0.324. The van der Waals surface area contributed by atoms with E-state index in [0.717, 1.165) is 38.9 Å². The van der Waals surface area contributed by atoms with Gasteiger partial charge in [-0.3, -0.25) is 0 Å². The minimum absolute atomic E-state index is 0.0985. The third-order valence-electron chi connectivity index (χ3n) is 9.28. The van der Waals surface area contributed by atoms with Crippen LogP contribution in [0.3, 0.4) is 0 Å². The molecule has 0 unspecified atom stereocenters. The van der Waals surface area contributed by atoms with Crippen LogP contribution in [0.1, 0.15) is 59.3 Å². The number of benzene rings is 4. The first-order valence-corrected chi connectivity index (χ1v) is 15.8. The minimum atomic E-state index is -0.432. The van der Waals surface area contributed by atoms with Crippen molar-refractivity contribution < 1.29 is 18.6 Å². The summed E-state index contributed by atoms with van der Waals surface area (Å²) >= 11 is 0. The van der Waals surface area contributed by atoms with Crippen molar-refractivity contribution in [1.82, 2.24) is 9.97 Å². The Hall–Kier alpha value is -5.43. The summed E-state index contributed by atoms with van der Waals surface area (Å²) < 4.78 is 22.9. The molecular formula is C40H38N2O5. The maximum Gasteiger partial charge on any atom is 0.344 e. The van der Waals surface area contributed by atoms with Crippen LogP contribution in [0, 0.1) is 13.8 Å². The molecule has 0 bridgehead atoms. The number of aromatic amines is 2. The maximum atomic E-state index is 13.6. The summed E-state index contributed by atoms with van der Waals surface area (Å²) in [5, 5.41) is 3.21. The molecule has 7 nitrogen and oxygen atoms in total. The number of H-pyrrole nitrogens is 2. The molecule has 0 fully saturated rings. The number of hydrogen-bond donors (Lipinski definition) is 2. The molecule has 0 spiro atoms. The molecule has 7 aromatic rings. The van der Waals surface area contributed by atoms with E-state index in [4.69, 9.17) is 18.6 Å². The molecule has 3 aromatic heterocycles. The molecule has 7 rings (SSSR count). The highest BCUT2D eigenvalue weighted by molar-refractivity contribution is 5.92. The first-order valence-electron chi connectivity index (χ1n) is 15.8. The van der Waals surface area contributed by atoms with Gasteiger partial charge in [0.15, 0.2) is 11.5 Å². The number of hydrogen-bond acceptors (Lipinski definition) is 5. The zero-order chi connectivity index (χ0) is 33.0. The Morgan fingerprint density at radius 3 is 1.77 bits per heavy atom. The number of methoxy groups -OCH3 is 3. The van der Waals surface area contributed by atoms with Crippen molar-refractivity contribution in [3.05, 3.63) is 123 Å². The van der Waals surface area contributed by atoms with E-state index >= 15 is 0 Å². The molecule has 3 heterocycles. The summed E-state index contributed by atoms with van der Waals surface area (Å²) in [5.74, 6) is 1.37. The van der Waals surface area contributed by atoms with Crippen LogP contribution in [0.15, 0.2) is 88.1 Å². The molecule has 0 aliphatic rings. The number of aromatic nitrogens is 2. The van der Waals surface area contributed by atoms with E-state index < -0.39 is 5.63 Å². The van der Waals surface area contributed by atoms with Crippen LogP contribution in [0.25, 0.3) is 43.9 Å². The lowest BCUT2D eigenvalue weighted by Gasteiger charge is -2.22. The Balaban J connectivity index is 1.55. The Bertz CT molecular complexity index is 2250. The molecule has 0 aliphatic carbocycles. The van der Waals surface area contributed by atoms with Crippen LogP contribution in [0.4, 0.5) is 0 Å². The summed E-state index contributed by atoms with van der Waals surface area (Å²) in [6.07, 6.45) is 0. The van der Waals surface area contributed by atoms with Gasteiger partial charge in [0.2, 0.25) is 5.75 Å². The number of para-hydroxylation sites is 2. The quantitative estimate of drug-likeness (QED) is 0.164. The van der Waals surface area contributed by atoms with Crippen molar-refractivity contribution in [2.45, 2.75) is 39.5 Å². The molecule has 2 N–H and O–H groups in total. The zero-order valence-corrected chi connectivity index (χ0v) is 27.7. The molecule has 4 aromatic carbocycles. The molecule has 238 valence electrons. The number of aryl methyl sites for hydroxylation is 2. The van der Waals surface area contributed by atoms with Gasteiger partial charge in [-0.25, -0.2) is 4.79 Å². The smallest absolute Gasteiger partial charge is 0.344 e. The van der Waals surface area contributed by atoms with Crippen molar-refractivity contribution in [2.24, 2.45) is 0 Å². The summed E-state index contributed by atoms with van der Waals surface area (Å²) in [5.41, 5.74) is 10.2. The second-order valence-corrected chi connectivity index (χ2v) is 12.4. The van der Waals surface area contributed by atoms with E-state index in [2.05, 4.69) is 98.3 Å². The van der Waals surface area contributed by atoms with E-state index in [9.17, 15) is 4.79 Å². The first kappa shape index (κ1) is 30.2. The van der Waals surface area contributed by atoms with E-state index in [1.807, 2.05) is 6.07 Å². The lowest BCUT2D eigenvalue weighted by atomic mass is 9.80. The molecule has 0 radical (unpaired) electrons. The molecule has 47 heavy (non-hydrogen) atoms. The summed E-state index contributed by atoms with van der Waals surface area (Å²) in [7, 11) is 4.68. The van der Waals surface area contributed by atoms with Gasteiger partial charge < -0.3 is 28.6 Å². The number of nitrogens with one attached hydrogen (secondary N) is 2.